The van der Waals surface area contributed by atoms with Crippen LogP contribution >= 0.6 is 0 Å². The Kier molecular flexibility index (Phi) is 69.4. The highest BCUT2D eigenvalue weighted by molar-refractivity contribution is 5.80. The molecule has 11 nitrogen and oxygen atoms in total. The second-order valence-electron chi connectivity index (χ2n) is 29.5. The lowest BCUT2D eigenvalue weighted by Crippen LogP contribution is -2.60. The number of aliphatic hydroxyl groups excluding tert-OH is 7. The first-order valence-electron chi connectivity index (χ1n) is 41.9. The van der Waals surface area contributed by atoms with Crippen molar-refractivity contribution in [2.45, 2.75) is 480 Å². The summed E-state index contributed by atoms with van der Waals surface area (Å²) in [6, 6.07) is -1.19. The van der Waals surface area contributed by atoms with Crippen molar-refractivity contribution in [1.29, 1.82) is 0 Å². The van der Waals surface area contributed by atoms with E-state index in [0.29, 0.717) is 19.3 Å². The summed E-state index contributed by atoms with van der Waals surface area (Å²) in [5.74, 6) is -0.703. The molecule has 0 aromatic carbocycles. The number of allylic oxidation sites excluding steroid dienone is 6. The van der Waals surface area contributed by atoms with Gasteiger partial charge in [0, 0.05) is 0 Å². The standard InChI is InChI=1S/C84H161NO10/c1-3-5-7-9-11-13-15-17-19-21-23-25-27-29-31-33-35-37-38-39-40-42-44-46-48-50-52-54-56-58-60-62-64-66-68-70-72-77(88)83(93)85-75(74-94-84-82(92)81(91)80(90)78(73-86)95-84)79(89)76(87)71-69-67-65-63-61-59-57-55-53-51-49-47-45-43-41-36-34-32-30-28-26-24-22-20-18-16-14-12-10-8-6-4-2/h37-38,55,57,63,65,75-82,84,86-92H,3-36,39-54,56,58-62,64,66-74H2,1-2H3,(H,85,93)/b38-37-,57-55+,65-63+. The number of rotatable bonds is 75. The molecule has 0 bridgehead atoms. The molecular formula is C84H161NO10. The van der Waals surface area contributed by atoms with E-state index >= 15 is 0 Å². The Morgan fingerprint density at radius 2 is 0.632 bits per heavy atom. The molecule has 0 aromatic rings. The highest BCUT2D eigenvalue weighted by Gasteiger charge is 2.44. The molecule has 1 saturated heterocycles. The molecule has 0 spiro atoms. The molecule has 8 N–H and O–H groups in total. The summed E-state index contributed by atoms with van der Waals surface area (Å²) in [5.41, 5.74) is 0. The van der Waals surface area contributed by atoms with Crippen molar-refractivity contribution in [3.63, 3.8) is 0 Å². The van der Waals surface area contributed by atoms with Crippen molar-refractivity contribution < 1.29 is 50.0 Å². The summed E-state index contributed by atoms with van der Waals surface area (Å²) in [7, 11) is 0. The minimum Gasteiger partial charge on any atom is -0.394 e. The maximum atomic E-state index is 13.3. The van der Waals surface area contributed by atoms with Gasteiger partial charge in [0.1, 0.15) is 36.6 Å². The number of amides is 1. The molecule has 1 heterocycles. The maximum absolute atomic E-state index is 13.3. The first kappa shape index (κ1) is 91.3. The molecule has 11 heteroatoms. The quantitative estimate of drug-likeness (QED) is 0.0215. The Bertz CT molecular complexity index is 1640. The van der Waals surface area contributed by atoms with Crippen LogP contribution in [-0.4, -0.2) is 110 Å². The minimum atomic E-state index is -1.67. The second kappa shape index (κ2) is 72.1. The SMILES string of the molecule is CCCCCCCCCCCCCCCCCC/C=C\CCCCCCCCCCCCCCCCCCC(O)C(=O)NC(COC1OC(CO)C(O)C(O)C1O)C(O)C(O)CCC/C=C/CC/C=C/CCCCCCCCCCCCCCCCCCCCCCCCC. The summed E-state index contributed by atoms with van der Waals surface area (Å²) in [5, 5.41) is 76.7. The van der Waals surface area contributed by atoms with Gasteiger partial charge >= 0.3 is 0 Å². The summed E-state index contributed by atoms with van der Waals surface area (Å²) in [6.45, 7) is 3.51. The van der Waals surface area contributed by atoms with Crippen molar-refractivity contribution in [2.24, 2.45) is 0 Å². The van der Waals surface area contributed by atoms with E-state index in [0.717, 1.165) is 38.5 Å². The van der Waals surface area contributed by atoms with Gasteiger partial charge in [-0.25, -0.2) is 0 Å². The van der Waals surface area contributed by atoms with Crippen molar-refractivity contribution in [1.82, 2.24) is 5.32 Å². The van der Waals surface area contributed by atoms with Gasteiger partial charge in [0.2, 0.25) is 5.91 Å². The van der Waals surface area contributed by atoms with Crippen molar-refractivity contribution >= 4 is 5.91 Å². The molecule has 1 amide bonds. The van der Waals surface area contributed by atoms with Gasteiger partial charge in [0.05, 0.1) is 25.4 Å². The predicted octanol–water partition coefficient (Wildman–Crippen LogP) is 22.0. The van der Waals surface area contributed by atoms with Crippen LogP contribution in [0, 0.1) is 0 Å². The Hall–Kier alpha value is -1.67. The monoisotopic (exact) mass is 1340 g/mol. The van der Waals surface area contributed by atoms with Gasteiger partial charge in [-0.05, 0) is 77.0 Å². The molecule has 1 aliphatic heterocycles. The van der Waals surface area contributed by atoms with Crippen LogP contribution in [0.15, 0.2) is 36.5 Å². The maximum Gasteiger partial charge on any atom is 0.249 e. The molecule has 1 aliphatic rings. The van der Waals surface area contributed by atoms with E-state index in [-0.39, 0.29) is 12.8 Å². The number of hydrogen-bond acceptors (Lipinski definition) is 10. The zero-order valence-electron chi connectivity index (χ0n) is 62.7. The lowest BCUT2D eigenvalue weighted by molar-refractivity contribution is -0.303. The fourth-order valence-corrected chi connectivity index (χ4v) is 13.8. The summed E-state index contributed by atoms with van der Waals surface area (Å²) in [4.78, 5) is 13.3. The van der Waals surface area contributed by atoms with E-state index < -0.39 is 74.2 Å². The van der Waals surface area contributed by atoms with Gasteiger partial charge in [-0.15, -0.1) is 0 Å². The molecule has 0 aromatic heterocycles. The van der Waals surface area contributed by atoms with Crippen LogP contribution in [0.25, 0.3) is 0 Å². The topological polar surface area (TPSA) is 189 Å². The number of carbonyl (C=O) groups is 1. The molecule has 9 unspecified atom stereocenters. The Balaban J connectivity index is 2.13. The summed E-state index contributed by atoms with van der Waals surface area (Å²) < 4.78 is 11.2. The van der Waals surface area contributed by atoms with Crippen molar-refractivity contribution in [3.8, 4) is 0 Å². The summed E-state index contributed by atoms with van der Waals surface area (Å²) in [6.07, 6.45) is 84.3. The van der Waals surface area contributed by atoms with E-state index in [9.17, 15) is 40.5 Å². The van der Waals surface area contributed by atoms with Gasteiger partial charge in [-0.2, -0.15) is 0 Å². The molecule has 0 radical (unpaired) electrons. The number of nitrogens with one attached hydrogen (secondary N) is 1. The van der Waals surface area contributed by atoms with Gasteiger partial charge in [-0.1, -0.05) is 384 Å². The Labute approximate surface area is 587 Å². The molecule has 0 saturated carbocycles. The molecule has 95 heavy (non-hydrogen) atoms. The number of unbranched alkanes of at least 4 members (excludes halogenated alkanes) is 57. The van der Waals surface area contributed by atoms with Crippen LogP contribution < -0.4 is 5.32 Å². The minimum absolute atomic E-state index is 0.248. The first-order chi connectivity index (χ1) is 46.7. The van der Waals surface area contributed by atoms with Crippen LogP contribution in [-0.2, 0) is 14.3 Å². The highest BCUT2D eigenvalue weighted by atomic mass is 16.7. The normalized spacial score (nSPS) is 18.3. The van der Waals surface area contributed by atoms with Gasteiger partial charge in [-0.3, -0.25) is 4.79 Å². The number of aliphatic hydroxyl groups is 7. The third-order valence-electron chi connectivity index (χ3n) is 20.4. The number of hydrogen-bond donors (Lipinski definition) is 8. The van der Waals surface area contributed by atoms with Crippen LogP contribution in [0.2, 0.25) is 0 Å². The average molecular weight is 1350 g/mol. The van der Waals surface area contributed by atoms with E-state index in [1.807, 2.05) is 0 Å². The fourth-order valence-electron chi connectivity index (χ4n) is 13.8. The second-order valence-corrected chi connectivity index (χ2v) is 29.5. The van der Waals surface area contributed by atoms with E-state index in [2.05, 4.69) is 55.6 Å². The third-order valence-corrected chi connectivity index (χ3v) is 20.4. The molecule has 1 fully saturated rings. The van der Waals surface area contributed by atoms with E-state index in [1.165, 1.54) is 340 Å². The Morgan fingerprint density at radius 1 is 0.358 bits per heavy atom. The lowest BCUT2D eigenvalue weighted by Gasteiger charge is -2.40. The number of ether oxygens (including phenoxy) is 2. The highest BCUT2D eigenvalue weighted by Crippen LogP contribution is 2.25. The smallest absolute Gasteiger partial charge is 0.249 e. The van der Waals surface area contributed by atoms with Gasteiger partial charge in [0.25, 0.3) is 0 Å². The zero-order valence-corrected chi connectivity index (χ0v) is 62.7. The van der Waals surface area contributed by atoms with E-state index in [4.69, 9.17) is 9.47 Å². The van der Waals surface area contributed by atoms with Crippen LogP contribution in [0.3, 0.4) is 0 Å². The number of carbonyl (C=O) groups excluding carboxylic acids is 1. The molecule has 1 rings (SSSR count). The van der Waals surface area contributed by atoms with Crippen molar-refractivity contribution in [3.05, 3.63) is 36.5 Å². The third kappa shape index (κ3) is 58.7. The predicted molar refractivity (Wildman–Crippen MR) is 404 cm³/mol. The van der Waals surface area contributed by atoms with Crippen LogP contribution in [0.1, 0.15) is 425 Å². The van der Waals surface area contributed by atoms with E-state index in [1.54, 1.807) is 0 Å². The fraction of sp³-hybridized carbons (Fsp3) is 0.917. The average Bonchev–Trinajstić information content (AvgIpc) is 0.832. The molecule has 562 valence electrons. The van der Waals surface area contributed by atoms with Crippen LogP contribution in [0.4, 0.5) is 0 Å². The van der Waals surface area contributed by atoms with Crippen LogP contribution in [0.5, 0.6) is 0 Å². The van der Waals surface area contributed by atoms with Gasteiger partial charge < -0.3 is 50.5 Å². The molecule has 0 aliphatic carbocycles. The largest absolute Gasteiger partial charge is 0.394 e. The van der Waals surface area contributed by atoms with Crippen molar-refractivity contribution in [2.75, 3.05) is 13.2 Å². The Morgan fingerprint density at radius 3 is 0.937 bits per heavy atom. The zero-order chi connectivity index (χ0) is 68.8. The summed E-state index contributed by atoms with van der Waals surface area (Å²) >= 11 is 0. The first-order valence-corrected chi connectivity index (χ1v) is 41.9. The van der Waals surface area contributed by atoms with Gasteiger partial charge in [0.15, 0.2) is 6.29 Å². The molecular weight excluding hydrogens is 1180 g/mol. The molecule has 9 atom stereocenters. The lowest BCUT2D eigenvalue weighted by atomic mass is 9.98.